The number of aliphatic hydroxyl groups excluding tert-OH is 2. The van der Waals surface area contributed by atoms with Crippen molar-refractivity contribution in [3.63, 3.8) is 0 Å². The topological polar surface area (TPSA) is 233 Å². The molecule has 0 aliphatic carbocycles. The third-order valence-electron chi connectivity index (χ3n) is 5.40. The molecule has 5 atom stereocenters. The summed E-state index contributed by atoms with van der Waals surface area (Å²) < 4.78 is 42.8. The van der Waals surface area contributed by atoms with E-state index in [2.05, 4.69) is 14.0 Å². The van der Waals surface area contributed by atoms with Gasteiger partial charge in [0.2, 0.25) is 0 Å². The molecule has 0 amide bonds. The number of benzene rings is 1. The van der Waals surface area contributed by atoms with Crippen LogP contribution in [0.1, 0.15) is 17.5 Å². The molecule has 3 heterocycles. The van der Waals surface area contributed by atoms with Crippen molar-refractivity contribution in [3.8, 4) is 0 Å². The zero-order valence-electron chi connectivity index (χ0n) is 18.3. The van der Waals surface area contributed by atoms with Crippen LogP contribution < -0.4 is 11.2 Å². The molecule has 1 aromatic carbocycles. The number of aryl methyl sites for hydroxylation is 1. The minimum absolute atomic E-state index is 0.276. The van der Waals surface area contributed by atoms with Crippen LogP contribution in [0.15, 0.2) is 44.6 Å². The van der Waals surface area contributed by atoms with E-state index in [1.54, 1.807) is 25.1 Å². The summed E-state index contributed by atoms with van der Waals surface area (Å²) in [5.74, 6) is 0. The number of fused-ring (bicyclic) bond motifs is 1. The Morgan fingerprint density at radius 2 is 1.83 bits per heavy atom. The molecule has 1 saturated heterocycles. The van der Waals surface area contributed by atoms with E-state index in [1.807, 2.05) is 0 Å². The van der Waals surface area contributed by atoms with Crippen LogP contribution in [0.2, 0.25) is 0 Å². The zero-order chi connectivity index (χ0) is 26.4. The number of hydrogen-bond donors (Lipinski definition) is 5. The Morgan fingerprint density at radius 3 is 2.53 bits per heavy atom. The van der Waals surface area contributed by atoms with Gasteiger partial charge in [0, 0.05) is 17.6 Å². The third kappa shape index (κ3) is 5.43. The van der Waals surface area contributed by atoms with Crippen molar-refractivity contribution in [3.05, 3.63) is 62.6 Å². The Labute approximate surface area is 200 Å². The Hall–Kier alpha value is -2.49. The van der Waals surface area contributed by atoms with Gasteiger partial charge in [0.15, 0.2) is 11.8 Å². The normalized spacial score (nSPS) is 24.3. The molecular weight excluding hydrogens is 528 g/mol. The van der Waals surface area contributed by atoms with Gasteiger partial charge in [0.05, 0.1) is 13.2 Å². The number of aliphatic hydroxyl groups is 2. The van der Waals surface area contributed by atoms with Crippen molar-refractivity contribution in [2.75, 3.05) is 6.61 Å². The maximum atomic E-state index is 13.1. The van der Waals surface area contributed by atoms with Gasteiger partial charge in [-0.1, -0.05) is 17.3 Å². The fourth-order valence-corrected chi connectivity index (χ4v) is 5.39. The van der Waals surface area contributed by atoms with Gasteiger partial charge in [0.25, 0.3) is 5.56 Å². The van der Waals surface area contributed by atoms with Crippen LogP contribution in [-0.2, 0) is 29.2 Å². The molecule has 0 bridgehead atoms. The molecule has 1 fully saturated rings. The lowest BCUT2D eigenvalue weighted by molar-refractivity contribution is -0.0547. The minimum Gasteiger partial charge on any atom is -0.387 e. The maximum absolute atomic E-state index is 13.1. The lowest BCUT2D eigenvalue weighted by Gasteiger charge is -2.19. The van der Waals surface area contributed by atoms with Gasteiger partial charge in [-0.25, -0.2) is 13.9 Å². The molecule has 0 spiro atoms. The molecule has 1 aliphatic rings. The average molecular weight is 549 g/mol. The molecule has 1 aliphatic heterocycles. The van der Waals surface area contributed by atoms with Crippen LogP contribution in [0, 0.1) is 6.92 Å². The number of rotatable bonds is 8. The Balaban J connectivity index is 1.58. The molecule has 0 radical (unpaired) electrons. The first-order chi connectivity index (χ1) is 16.8. The molecule has 16 nitrogen and oxygen atoms in total. The van der Waals surface area contributed by atoms with Crippen molar-refractivity contribution in [2.45, 2.75) is 38.0 Å². The fraction of sp³-hybridized carbons (Fsp3) is 0.389. The van der Waals surface area contributed by atoms with E-state index in [4.69, 9.17) is 19.0 Å². The van der Waals surface area contributed by atoms with Gasteiger partial charge in [-0.3, -0.25) is 18.5 Å². The summed E-state index contributed by atoms with van der Waals surface area (Å²) in [5.41, 5.74) is -0.0494. The van der Waals surface area contributed by atoms with Crippen LogP contribution in [0.4, 0.5) is 0 Å². The van der Waals surface area contributed by atoms with E-state index in [1.165, 1.54) is 0 Å². The van der Waals surface area contributed by atoms with E-state index in [0.717, 1.165) is 27.0 Å². The zero-order valence-corrected chi connectivity index (χ0v) is 20.1. The predicted molar refractivity (Wildman–Crippen MR) is 118 cm³/mol. The number of nitrogens with zero attached hydrogens (tertiary/aromatic N) is 3. The lowest BCUT2D eigenvalue weighted by Crippen LogP contribution is -2.43. The van der Waals surface area contributed by atoms with Gasteiger partial charge >= 0.3 is 21.3 Å². The number of ether oxygens (including phenoxy) is 1. The first kappa shape index (κ1) is 26.6. The largest absolute Gasteiger partial charge is 0.481 e. The van der Waals surface area contributed by atoms with Gasteiger partial charge < -0.3 is 34.2 Å². The van der Waals surface area contributed by atoms with E-state index in [-0.39, 0.29) is 6.54 Å². The van der Waals surface area contributed by atoms with Gasteiger partial charge in [-0.2, -0.15) is 4.31 Å². The molecular formula is C18H21N3O13P2. The van der Waals surface area contributed by atoms with Crippen LogP contribution >= 0.6 is 15.6 Å². The highest BCUT2D eigenvalue weighted by molar-refractivity contribution is 7.60. The van der Waals surface area contributed by atoms with Gasteiger partial charge in [-0.05, 0) is 18.6 Å². The number of phosphoric ester groups is 1. The molecule has 0 saturated carbocycles. The summed E-state index contributed by atoms with van der Waals surface area (Å²) in [6.45, 7) is 0.584. The third-order valence-corrected chi connectivity index (χ3v) is 7.56. The molecule has 4 rings (SSSR count). The van der Waals surface area contributed by atoms with Crippen molar-refractivity contribution in [2.24, 2.45) is 0 Å². The average Bonchev–Trinajstić information content (AvgIpc) is 3.30. The Bertz CT molecular complexity index is 1490. The summed E-state index contributed by atoms with van der Waals surface area (Å²) in [6, 6.07) is 6.26. The van der Waals surface area contributed by atoms with E-state index >= 15 is 0 Å². The summed E-state index contributed by atoms with van der Waals surface area (Å²) in [6.07, 6.45) is -5.53. The second-order valence-electron chi connectivity index (χ2n) is 7.89. The van der Waals surface area contributed by atoms with E-state index < -0.39 is 58.0 Å². The first-order valence-corrected chi connectivity index (χ1v) is 13.2. The van der Waals surface area contributed by atoms with Crippen LogP contribution in [0.3, 0.4) is 0 Å². The Morgan fingerprint density at radius 1 is 1.11 bits per heavy atom. The quantitative estimate of drug-likeness (QED) is 0.220. The number of hydrogen-bond acceptors (Lipinski definition) is 11. The molecule has 196 valence electrons. The highest BCUT2D eigenvalue weighted by Gasteiger charge is 2.46. The van der Waals surface area contributed by atoms with Crippen LogP contribution in [0.25, 0.3) is 11.0 Å². The van der Waals surface area contributed by atoms with Crippen molar-refractivity contribution in [1.29, 1.82) is 0 Å². The summed E-state index contributed by atoms with van der Waals surface area (Å²) in [5, 5.41) is 25.2. The van der Waals surface area contributed by atoms with Crippen molar-refractivity contribution in [1.82, 2.24) is 14.3 Å². The molecule has 2 aromatic heterocycles. The maximum Gasteiger partial charge on any atom is 0.481 e. The molecule has 3 aromatic rings. The highest BCUT2D eigenvalue weighted by atomic mass is 31.3. The van der Waals surface area contributed by atoms with Gasteiger partial charge in [0.1, 0.15) is 24.0 Å². The second-order valence-corrected chi connectivity index (χ2v) is 10.7. The van der Waals surface area contributed by atoms with Crippen LogP contribution in [-0.4, -0.2) is 64.1 Å². The van der Waals surface area contributed by atoms with Crippen molar-refractivity contribution >= 4 is 26.6 Å². The molecule has 3 unspecified atom stereocenters. The van der Waals surface area contributed by atoms with Crippen molar-refractivity contribution < 1.29 is 52.1 Å². The van der Waals surface area contributed by atoms with E-state index in [0.29, 0.717) is 16.7 Å². The first-order valence-electron chi connectivity index (χ1n) is 10.2. The number of phosphoric acid groups is 2. The predicted octanol–water partition coefficient (Wildman–Crippen LogP) is -0.647. The highest BCUT2D eigenvalue weighted by Crippen LogP contribution is 2.57. The second kappa shape index (κ2) is 9.76. The fourth-order valence-electron chi connectivity index (χ4n) is 3.79. The van der Waals surface area contributed by atoms with E-state index in [9.17, 15) is 33.8 Å². The summed E-state index contributed by atoms with van der Waals surface area (Å²) in [4.78, 5) is 52.3. The monoisotopic (exact) mass is 549 g/mol. The smallest absolute Gasteiger partial charge is 0.387 e. The summed E-state index contributed by atoms with van der Waals surface area (Å²) >= 11 is 0. The van der Waals surface area contributed by atoms with Gasteiger partial charge in [-0.15, -0.1) is 0 Å². The SMILES string of the molecule is Cc1cccc2onc(Cn3c(=O)ccn([C@@H]4O[C@H](COP(=O)(O)OP(=O)(O)O)C(O)C4O)c3=O)c12. The molecule has 18 heteroatoms. The standard InChI is InChI=1S/C18H21N3O13P2/c1-9-3-2-4-11-14(9)10(19-33-11)7-21-13(22)5-6-20(18(21)25)17-16(24)15(23)12(32-17)8-31-36(29,30)34-35(26,27)28/h2-6,12,15-17,23-24H,7-8H2,1H3,(H,29,30)(H2,26,27,28)/t12-,15?,16?,17-/m1/s1. The summed E-state index contributed by atoms with van der Waals surface area (Å²) in [7, 11) is -10.6. The Kier molecular flexibility index (Phi) is 7.20. The lowest BCUT2D eigenvalue weighted by atomic mass is 10.1. The minimum atomic E-state index is -5.38. The molecule has 5 N–H and O–H groups in total. The van der Waals surface area contributed by atoms with Crippen LogP contribution in [0.5, 0.6) is 0 Å². The molecule has 36 heavy (non-hydrogen) atoms. The number of aromatic nitrogens is 3.